The SMILES string of the molecule is C=C.CC.CC.CCCS(=O)(=O)c1ccc(C)cc1.CS(=O)(=O)O.Cc1ccc(C)c(C)c1. The number of aryl methyl sites for hydroxylation is 4. The lowest BCUT2D eigenvalue weighted by Crippen LogP contribution is -2.05. The first kappa shape index (κ1) is 38.3. The molecule has 0 saturated heterocycles. The minimum atomic E-state index is -3.67. The van der Waals surface area contributed by atoms with Crippen LogP contribution >= 0.6 is 0 Å². The summed E-state index contributed by atoms with van der Waals surface area (Å²) in [5.41, 5.74) is 5.18. The van der Waals surface area contributed by atoms with E-state index in [0.29, 0.717) is 17.6 Å². The maximum Gasteiger partial charge on any atom is 0.261 e. The van der Waals surface area contributed by atoms with Crippen molar-refractivity contribution in [3.63, 3.8) is 0 Å². The van der Waals surface area contributed by atoms with Gasteiger partial charge in [0, 0.05) is 0 Å². The van der Waals surface area contributed by atoms with Crippen LogP contribution in [0.25, 0.3) is 0 Å². The van der Waals surface area contributed by atoms with Crippen LogP contribution in [-0.4, -0.2) is 33.4 Å². The van der Waals surface area contributed by atoms with E-state index in [9.17, 15) is 16.8 Å². The summed E-state index contributed by atoms with van der Waals surface area (Å²) in [6.45, 7) is 24.2. The Balaban J connectivity index is -0.000000183. The molecule has 0 amide bonds. The first-order valence-electron chi connectivity index (χ1n) is 11.0. The van der Waals surface area contributed by atoms with E-state index in [2.05, 4.69) is 52.1 Å². The standard InChI is InChI=1S/C10H14O2S.C9H12.2C2H6.C2H4.CH4O3S/c1-3-8-13(11,12)10-6-4-9(2)5-7-10;1-7-4-5-8(2)9(3)6-7;3*1-2;1-5(2,3)4/h4-7H,3,8H2,1-2H3;4-6H,1-3H3;2*1-2H3;1-2H2;1H3,(H,2,3,4). The molecule has 192 valence electrons. The second kappa shape index (κ2) is 21.9. The van der Waals surface area contributed by atoms with Crippen molar-refractivity contribution in [2.45, 2.75) is 73.6 Å². The summed E-state index contributed by atoms with van der Waals surface area (Å²) >= 11 is 0. The number of sulfone groups is 1. The van der Waals surface area contributed by atoms with Crippen LogP contribution in [0.15, 0.2) is 60.5 Å². The van der Waals surface area contributed by atoms with Gasteiger partial charge >= 0.3 is 0 Å². The van der Waals surface area contributed by atoms with E-state index >= 15 is 0 Å². The van der Waals surface area contributed by atoms with Gasteiger partial charge in [0.25, 0.3) is 10.1 Å². The van der Waals surface area contributed by atoms with Gasteiger partial charge in [-0.2, -0.15) is 8.42 Å². The highest BCUT2D eigenvalue weighted by Crippen LogP contribution is 2.12. The zero-order valence-electron chi connectivity index (χ0n) is 22.3. The molecule has 7 heteroatoms. The first-order chi connectivity index (χ1) is 15.3. The van der Waals surface area contributed by atoms with Crippen LogP contribution in [0.5, 0.6) is 0 Å². The Morgan fingerprint density at radius 3 is 1.39 bits per heavy atom. The molecule has 0 heterocycles. The van der Waals surface area contributed by atoms with Gasteiger partial charge in [-0.15, -0.1) is 13.2 Å². The van der Waals surface area contributed by atoms with Gasteiger partial charge in [-0.1, -0.05) is 76.1 Å². The third-order valence-electron chi connectivity index (χ3n) is 3.52. The van der Waals surface area contributed by atoms with Crippen LogP contribution in [0, 0.1) is 27.7 Å². The molecule has 0 fully saturated rings. The van der Waals surface area contributed by atoms with Gasteiger partial charge in [0.15, 0.2) is 9.84 Å². The predicted octanol–water partition coefficient (Wildman–Crippen LogP) is 7.15. The molecule has 33 heavy (non-hydrogen) atoms. The van der Waals surface area contributed by atoms with Crippen LogP contribution in [0.1, 0.15) is 63.3 Å². The third-order valence-corrected chi connectivity index (χ3v) is 5.45. The van der Waals surface area contributed by atoms with Crippen molar-refractivity contribution in [3.8, 4) is 0 Å². The molecule has 2 aromatic carbocycles. The maximum atomic E-state index is 11.5. The molecule has 2 aromatic rings. The van der Waals surface area contributed by atoms with Crippen LogP contribution in [0.3, 0.4) is 0 Å². The minimum absolute atomic E-state index is 0.232. The van der Waals surface area contributed by atoms with E-state index in [1.54, 1.807) is 12.1 Å². The lowest BCUT2D eigenvalue weighted by Gasteiger charge is -2.02. The Hall–Kier alpha value is -1.96. The number of hydrogen-bond donors (Lipinski definition) is 1. The Morgan fingerprint density at radius 1 is 0.727 bits per heavy atom. The molecule has 1 N–H and O–H groups in total. The third kappa shape index (κ3) is 24.5. The average Bonchev–Trinajstić information content (AvgIpc) is 2.75. The zero-order chi connectivity index (χ0) is 27.3. The smallest absolute Gasteiger partial charge is 0.261 e. The van der Waals surface area contributed by atoms with Gasteiger partial charge in [0.05, 0.1) is 16.9 Å². The fraction of sp³-hybridized carbons (Fsp3) is 0.462. The fourth-order valence-electron chi connectivity index (χ4n) is 2.02. The molecule has 0 unspecified atom stereocenters. The Bertz CT molecular complexity index is 923. The van der Waals surface area contributed by atoms with E-state index in [0.717, 1.165) is 5.56 Å². The second-order valence-corrected chi connectivity index (χ2v) is 10.0. The monoisotopic (exact) mass is 502 g/mol. The molecule has 0 aliphatic heterocycles. The van der Waals surface area contributed by atoms with Crippen molar-refractivity contribution < 1.29 is 21.4 Å². The molecule has 0 aromatic heterocycles. The van der Waals surface area contributed by atoms with Crippen LogP contribution in [0.2, 0.25) is 0 Å². The van der Waals surface area contributed by atoms with Crippen molar-refractivity contribution >= 4 is 20.0 Å². The highest BCUT2D eigenvalue weighted by Gasteiger charge is 2.11. The Morgan fingerprint density at radius 2 is 1.09 bits per heavy atom. The Labute approximate surface area is 204 Å². The summed E-state index contributed by atoms with van der Waals surface area (Å²) in [6.07, 6.45) is 1.38. The normalized spacial score (nSPS) is 9.42. The largest absolute Gasteiger partial charge is 0.286 e. The highest BCUT2D eigenvalue weighted by molar-refractivity contribution is 7.91. The second-order valence-electron chi connectivity index (χ2n) is 6.45. The topological polar surface area (TPSA) is 88.5 Å². The van der Waals surface area contributed by atoms with Gasteiger partial charge in [0.1, 0.15) is 0 Å². The van der Waals surface area contributed by atoms with Crippen molar-refractivity contribution in [1.82, 2.24) is 0 Å². The van der Waals surface area contributed by atoms with Crippen molar-refractivity contribution in [2.24, 2.45) is 0 Å². The molecule has 0 aliphatic carbocycles. The lowest BCUT2D eigenvalue weighted by molar-refractivity contribution is 0.490. The number of hydrogen-bond acceptors (Lipinski definition) is 4. The Kier molecular flexibility index (Phi) is 25.4. The van der Waals surface area contributed by atoms with E-state index in [1.165, 1.54) is 16.7 Å². The van der Waals surface area contributed by atoms with Gasteiger partial charge in [-0.05, 0) is 57.4 Å². The molecule has 5 nitrogen and oxygen atoms in total. The summed E-state index contributed by atoms with van der Waals surface area (Å²) in [4.78, 5) is 0.431. The molecule has 0 radical (unpaired) electrons. The van der Waals surface area contributed by atoms with Crippen molar-refractivity contribution in [2.75, 3.05) is 12.0 Å². The summed E-state index contributed by atoms with van der Waals surface area (Å²) in [5, 5.41) is 0. The van der Waals surface area contributed by atoms with Gasteiger partial charge < -0.3 is 0 Å². The molecule has 2 rings (SSSR count). The van der Waals surface area contributed by atoms with E-state index in [4.69, 9.17) is 4.55 Å². The van der Waals surface area contributed by atoms with Crippen LogP contribution < -0.4 is 0 Å². The first-order valence-corrected chi connectivity index (χ1v) is 14.5. The fourth-order valence-corrected chi connectivity index (χ4v) is 3.35. The maximum absolute atomic E-state index is 11.5. The molecule has 0 saturated carbocycles. The van der Waals surface area contributed by atoms with E-state index in [1.807, 2.05) is 53.7 Å². The zero-order valence-corrected chi connectivity index (χ0v) is 23.9. The van der Waals surface area contributed by atoms with Gasteiger partial charge in [-0.3, -0.25) is 4.55 Å². The van der Waals surface area contributed by atoms with Gasteiger partial charge in [-0.25, -0.2) is 8.42 Å². The summed E-state index contributed by atoms with van der Waals surface area (Å²) < 4.78 is 49.0. The number of rotatable bonds is 3. The molecular formula is C26H46O5S2. The summed E-state index contributed by atoms with van der Waals surface area (Å²) in [6, 6.07) is 13.5. The van der Waals surface area contributed by atoms with E-state index < -0.39 is 20.0 Å². The molecule has 0 bridgehead atoms. The molecular weight excluding hydrogens is 456 g/mol. The van der Waals surface area contributed by atoms with Crippen molar-refractivity contribution in [3.05, 3.63) is 77.9 Å². The predicted molar refractivity (Wildman–Crippen MR) is 146 cm³/mol. The lowest BCUT2D eigenvalue weighted by atomic mass is 10.1. The number of benzene rings is 2. The van der Waals surface area contributed by atoms with Crippen LogP contribution in [0.4, 0.5) is 0 Å². The molecule has 0 aliphatic rings. The van der Waals surface area contributed by atoms with Crippen LogP contribution in [-0.2, 0) is 20.0 Å². The molecule has 0 atom stereocenters. The summed E-state index contributed by atoms with van der Waals surface area (Å²) in [5.74, 6) is 0.232. The average molecular weight is 503 g/mol. The summed E-state index contributed by atoms with van der Waals surface area (Å²) in [7, 11) is -6.69. The minimum Gasteiger partial charge on any atom is -0.286 e. The van der Waals surface area contributed by atoms with Crippen molar-refractivity contribution in [1.29, 1.82) is 0 Å². The van der Waals surface area contributed by atoms with E-state index in [-0.39, 0.29) is 5.75 Å². The molecule has 0 spiro atoms. The highest BCUT2D eigenvalue weighted by atomic mass is 32.2. The quantitative estimate of drug-likeness (QED) is 0.355. The van der Waals surface area contributed by atoms with Gasteiger partial charge in [0.2, 0.25) is 0 Å².